The molecular weight excluding hydrogens is 271 g/mol. The molecular formula is C11H15BO6S. The molecule has 0 aliphatic heterocycles. The van der Waals surface area contributed by atoms with Crippen LogP contribution in [0.3, 0.4) is 0 Å². The summed E-state index contributed by atoms with van der Waals surface area (Å²) in [5.74, 6) is -1.75. The fraction of sp³-hybridized carbons (Fsp3) is 0.364. The van der Waals surface area contributed by atoms with Gasteiger partial charge in [-0.3, -0.25) is 4.55 Å². The first kappa shape index (κ1) is 15.5. The van der Waals surface area contributed by atoms with Gasteiger partial charge >= 0.3 is 5.97 Å². The number of carbonyl (C=O) groups excluding carboxylic acids is 1. The van der Waals surface area contributed by atoms with Gasteiger partial charge in [0.15, 0.2) is 0 Å². The van der Waals surface area contributed by atoms with Gasteiger partial charge in [-0.05, 0) is 19.1 Å². The summed E-state index contributed by atoms with van der Waals surface area (Å²) in [5, 5.41) is 9.58. The second-order valence-corrected chi connectivity index (χ2v) is 5.67. The number of rotatable bonds is 5. The van der Waals surface area contributed by atoms with Gasteiger partial charge in [0.1, 0.15) is 31.0 Å². The van der Waals surface area contributed by atoms with Crippen molar-refractivity contribution in [2.24, 2.45) is 0 Å². The molecule has 0 bridgehead atoms. The van der Waals surface area contributed by atoms with Crippen molar-refractivity contribution in [3.05, 3.63) is 29.3 Å². The number of phenolic OH excluding ortho intramolecular Hbond substituents is 1. The smallest absolute Gasteiger partial charge is 0.342 e. The average molecular weight is 286 g/mol. The van der Waals surface area contributed by atoms with Crippen LogP contribution >= 0.6 is 0 Å². The summed E-state index contributed by atoms with van der Waals surface area (Å²) in [5.41, 5.74) is 0.814. The molecule has 1 aromatic rings. The normalized spacial score (nSPS) is 12.9. The van der Waals surface area contributed by atoms with Gasteiger partial charge in [-0.1, -0.05) is 17.9 Å². The highest BCUT2D eigenvalue weighted by Gasteiger charge is 2.20. The Labute approximate surface area is 112 Å². The molecule has 0 heterocycles. The predicted octanol–water partition coefficient (Wildman–Crippen LogP) is -0.0416. The molecule has 1 aromatic carbocycles. The first-order valence-corrected chi connectivity index (χ1v) is 7.32. The number of phenols is 1. The predicted molar refractivity (Wildman–Crippen MR) is 71.6 cm³/mol. The van der Waals surface area contributed by atoms with Crippen molar-refractivity contribution in [3.63, 3.8) is 0 Å². The zero-order valence-corrected chi connectivity index (χ0v) is 11.5. The molecule has 0 fully saturated rings. The van der Waals surface area contributed by atoms with E-state index in [4.69, 9.17) is 9.29 Å². The second-order valence-electron chi connectivity index (χ2n) is 4.17. The van der Waals surface area contributed by atoms with Crippen molar-refractivity contribution in [2.75, 3.05) is 5.75 Å². The van der Waals surface area contributed by atoms with E-state index in [1.54, 1.807) is 6.07 Å². The molecule has 0 saturated carbocycles. The Morgan fingerprint density at radius 3 is 2.63 bits per heavy atom. The quantitative estimate of drug-likeness (QED) is 0.447. The third-order valence-electron chi connectivity index (χ3n) is 2.44. The number of ether oxygens (including phenoxy) is 1. The number of hydrogen-bond donors (Lipinski definition) is 2. The van der Waals surface area contributed by atoms with Crippen molar-refractivity contribution in [1.82, 2.24) is 0 Å². The van der Waals surface area contributed by atoms with E-state index in [1.807, 2.05) is 7.85 Å². The Balaban J connectivity index is 2.83. The number of carbonyl (C=O) groups is 1. The molecule has 19 heavy (non-hydrogen) atoms. The Hall–Kier alpha value is -1.54. The lowest BCUT2D eigenvalue weighted by Gasteiger charge is -2.12. The summed E-state index contributed by atoms with van der Waals surface area (Å²) in [6.45, 7) is 1.34. The van der Waals surface area contributed by atoms with Crippen LogP contribution in [0.2, 0.25) is 0 Å². The van der Waals surface area contributed by atoms with Crippen molar-refractivity contribution in [1.29, 1.82) is 0 Å². The Morgan fingerprint density at radius 2 is 2.11 bits per heavy atom. The van der Waals surface area contributed by atoms with E-state index in [-0.39, 0.29) is 11.3 Å². The van der Waals surface area contributed by atoms with E-state index in [9.17, 15) is 18.3 Å². The molecule has 0 radical (unpaired) electrons. The number of esters is 1. The maximum absolute atomic E-state index is 11.8. The van der Waals surface area contributed by atoms with Gasteiger partial charge in [0.25, 0.3) is 10.1 Å². The lowest BCUT2D eigenvalue weighted by molar-refractivity contribution is 0.0378. The molecule has 6 nitrogen and oxygen atoms in total. The Morgan fingerprint density at radius 1 is 1.47 bits per heavy atom. The van der Waals surface area contributed by atoms with Crippen LogP contribution in [0.15, 0.2) is 18.2 Å². The SMILES string of the molecule is BCc1ccc(O)c(C(=O)OC(C)CS(=O)(=O)O)c1. The molecule has 2 N–H and O–H groups in total. The minimum atomic E-state index is -4.21. The number of aromatic hydroxyl groups is 1. The van der Waals surface area contributed by atoms with Gasteiger partial charge in [0.2, 0.25) is 0 Å². The topological polar surface area (TPSA) is 101 Å². The summed E-state index contributed by atoms with van der Waals surface area (Å²) in [4.78, 5) is 11.8. The van der Waals surface area contributed by atoms with Crippen molar-refractivity contribution < 1.29 is 27.6 Å². The van der Waals surface area contributed by atoms with Crippen LogP contribution in [-0.4, -0.2) is 43.7 Å². The molecule has 0 spiro atoms. The van der Waals surface area contributed by atoms with Gasteiger partial charge in [-0.15, -0.1) is 0 Å². The zero-order valence-electron chi connectivity index (χ0n) is 10.7. The summed E-state index contributed by atoms with van der Waals surface area (Å²) >= 11 is 0. The lowest BCUT2D eigenvalue weighted by Crippen LogP contribution is -2.23. The van der Waals surface area contributed by atoms with Crippen molar-refractivity contribution >= 4 is 23.9 Å². The van der Waals surface area contributed by atoms with E-state index in [0.29, 0.717) is 6.32 Å². The second kappa shape index (κ2) is 6.07. The van der Waals surface area contributed by atoms with E-state index in [0.717, 1.165) is 5.56 Å². The highest BCUT2D eigenvalue weighted by Crippen LogP contribution is 2.20. The maximum Gasteiger partial charge on any atom is 0.342 e. The molecule has 0 aliphatic carbocycles. The zero-order chi connectivity index (χ0) is 14.6. The Kier molecular flexibility index (Phi) is 4.96. The minimum Gasteiger partial charge on any atom is -0.507 e. The lowest BCUT2D eigenvalue weighted by atomic mass is 9.95. The van der Waals surface area contributed by atoms with Crippen LogP contribution in [0.25, 0.3) is 0 Å². The Bertz CT molecular complexity index is 569. The van der Waals surface area contributed by atoms with E-state index in [2.05, 4.69) is 0 Å². The maximum atomic E-state index is 11.8. The summed E-state index contributed by atoms with van der Waals surface area (Å²) in [6.07, 6.45) is -0.326. The fourth-order valence-electron chi connectivity index (χ4n) is 1.54. The largest absolute Gasteiger partial charge is 0.507 e. The van der Waals surface area contributed by atoms with E-state index in [1.165, 1.54) is 19.1 Å². The summed E-state index contributed by atoms with van der Waals surface area (Å²) in [7, 11) is -2.32. The number of hydrogen-bond acceptors (Lipinski definition) is 5. The third-order valence-corrected chi connectivity index (χ3v) is 3.33. The van der Waals surface area contributed by atoms with Gasteiger partial charge in [0.05, 0.1) is 0 Å². The standard InChI is InChI=1S/C11H15BO6S/c1-7(6-19(15,16)17)18-11(14)9-4-8(5-12)2-3-10(9)13/h2-4,7,13H,5-6,12H2,1H3,(H,15,16,17). The molecule has 0 saturated heterocycles. The summed E-state index contributed by atoms with van der Waals surface area (Å²) < 4.78 is 34.8. The molecule has 0 aliphatic rings. The van der Waals surface area contributed by atoms with Crippen molar-refractivity contribution in [2.45, 2.75) is 19.3 Å². The molecule has 8 heteroatoms. The third kappa shape index (κ3) is 4.92. The molecule has 0 amide bonds. The minimum absolute atomic E-state index is 0.0264. The molecule has 104 valence electrons. The van der Waals surface area contributed by atoms with E-state index < -0.39 is 27.9 Å². The van der Waals surface area contributed by atoms with Crippen LogP contribution in [0.5, 0.6) is 5.75 Å². The summed E-state index contributed by atoms with van der Waals surface area (Å²) in [6, 6.07) is 4.54. The average Bonchev–Trinajstić information content (AvgIpc) is 2.26. The van der Waals surface area contributed by atoms with Crippen LogP contribution in [0, 0.1) is 0 Å². The van der Waals surface area contributed by atoms with Gasteiger partial charge < -0.3 is 9.84 Å². The van der Waals surface area contributed by atoms with Gasteiger partial charge in [-0.2, -0.15) is 8.42 Å². The van der Waals surface area contributed by atoms with Crippen LogP contribution in [0.4, 0.5) is 0 Å². The van der Waals surface area contributed by atoms with Crippen molar-refractivity contribution in [3.8, 4) is 5.75 Å². The molecule has 1 atom stereocenters. The van der Waals surface area contributed by atoms with Gasteiger partial charge in [0, 0.05) is 0 Å². The van der Waals surface area contributed by atoms with Gasteiger partial charge in [-0.25, -0.2) is 4.79 Å². The highest BCUT2D eigenvalue weighted by molar-refractivity contribution is 7.85. The first-order valence-electron chi connectivity index (χ1n) is 5.71. The van der Waals surface area contributed by atoms with Crippen LogP contribution < -0.4 is 0 Å². The molecule has 1 unspecified atom stereocenters. The number of benzene rings is 1. The van der Waals surface area contributed by atoms with Crippen LogP contribution in [-0.2, 0) is 21.2 Å². The highest BCUT2D eigenvalue weighted by atomic mass is 32.2. The fourth-order valence-corrected chi connectivity index (χ4v) is 2.20. The first-order chi connectivity index (χ1) is 8.73. The molecule has 1 rings (SSSR count). The van der Waals surface area contributed by atoms with E-state index >= 15 is 0 Å². The molecule has 0 aromatic heterocycles. The van der Waals surface area contributed by atoms with Crippen LogP contribution in [0.1, 0.15) is 22.8 Å². The monoisotopic (exact) mass is 286 g/mol.